The van der Waals surface area contributed by atoms with Crippen LogP contribution in [0.5, 0.6) is 0 Å². The van der Waals surface area contributed by atoms with Crippen LogP contribution >= 0.6 is 11.8 Å². The van der Waals surface area contributed by atoms with E-state index in [9.17, 15) is 9.59 Å². The summed E-state index contributed by atoms with van der Waals surface area (Å²) in [4.78, 5) is 26.8. The Hall–Kier alpha value is -1.56. The normalized spacial score (nSPS) is 12.2. The van der Waals surface area contributed by atoms with E-state index < -0.39 is 12.0 Å². The van der Waals surface area contributed by atoms with Gasteiger partial charge in [0.25, 0.3) is 0 Å². The van der Waals surface area contributed by atoms with E-state index in [0.29, 0.717) is 12.2 Å². The van der Waals surface area contributed by atoms with Gasteiger partial charge in [-0.1, -0.05) is 19.9 Å². The summed E-state index contributed by atoms with van der Waals surface area (Å²) in [6, 6.07) is 4.91. The zero-order chi connectivity index (χ0) is 15.0. The number of nitrogens with zero attached hydrogens (tertiary/aromatic N) is 1. The maximum Gasteiger partial charge on any atom is 0.326 e. The fourth-order valence-corrected chi connectivity index (χ4v) is 2.44. The molecule has 0 saturated heterocycles. The Morgan fingerprint density at radius 1 is 1.40 bits per heavy atom. The predicted octanol–water partition coefficient (Wildman–Crippen LogP) is 1.93. The average Bonchev–Trinajstić information content (AvgIpc) is 2.41. The van der Waals surface area contributed by atoms with Crippen molar-refractivity contribution in [3.63, 3.8) is 0 Å². The lowest BCUT2D eigenvalue weighted by atomic mass is 10.0. The van der Waals surface area contributed by atoms with Crippen LogP contribution < -0.4 is 5.32 Å². The van der Waals surface area contributed by atoms with Crippen LogP contribution in [0, 0.1) is 5.92 Å². The van der Waals surface area contributed by atoms with E-state index in [2.05, 4.69) is 10.3 Å². The van der Waals surface area contributed by atoms with E-state index in [0.717, 1.165) is 11.4 Å². The fraction of sp³-hybridized carbons (Fsp3) is 0.500. The van der Waals surface area contributed by atoms with Crippen LogP contribution in [-0.4, -0.2) is 33.8 Å². The van der Waals surface area contributed by atoms with Crippen molar-refractivity contribution in [3.05, 3.63) is 30.1 Å². The zero-order valence-electron chi connectivity index (χ0n) is 11.7. The van der Waals surface area contributed by atoms with Gasteiger partial charge < -0.3 is 10.4 Å². The highest BCUT2D eigenvalue weighted by atomic mass is 32.2. The van der Waals surface area contributed by atoms with Crippen molar-refractivity contribution in [2.75, 3.05) is 5.75 Å². The number of carbonyl (C=O) groups is 2. The molecule has 110 valence electrons. The number of carbonyl (C=O) groups excluding carboxylic acids is 1. The van der Waals surface area contributed by atoms with Crippen LogP contribution in [-0.2, 0) is 15.3 Å². The van der Waals surface area contributed by atoms with E-state index in [1.54, 1.807) is 31.8 Å². The maximum absolute atomic E-state index is 11.7. The molecule has 0 spiro atoms. The molecule has 1 atom stereocenters. The van der Waals surface area contributed by atoms with Gasteiger partial charge in [-0.2, -0.15) is 11.8 Å². The number of carboxylic acid groups (broad SMARTS) is 1. The van der Waals surface area contributed by atoms with Gasteiger partial charge in [-0.25, -0.2) is 4.79 Å². The molecule has 0 unspecified atom stereocenters. The number of amides is 1. The van der Waals surface area contributed by atoms with Crippen LogP contribution in [0.1, 0.15) is 26.0 Å². The number of aromatic nitrogens is 1. The monoisotopic (exact) mass is 296 g/mol. The summed E-state index contributed by atoms with van der Waals surface area (Å²) in [6.07, 6.45) is 2.05. The number of thioether (sulfide) groups is 1. The second-order valence-corrected chi connectivity index (χ2v) is 5.86. The van der Waals surface area contributed by atoms with Gasteiger partial charge in [-0.3, -0.25) is 9.78 Å². The quantitative estimate of drug-likeness (QED) is 0.717. The van der Waals surface area contributed by atoms with Crippen molar-refractivity contribution in [1.29, 1.82) is 0 Å². The maximum atomic E-state index is 11.7. The first kappa shape index (κ1) is 16.5. The largest absolute Gasteiger partial charge is 0.480 e. The summed E-state index contributed by atoms with van der Waals surface area (Å²) in [6.45, 7) is 3.55. The Morgan fingerprint density at radius 2 is 2.15 bits per heavy atom. The topological polar surface area (TPSA) is 79.3 Å². The lowest BCUT2D eigenvalue weighted by Crippen LogP contribution is -2.44. The molecular weight excluding hydrogens is 276 g/mol. The smallest absolute Gasteiger partial charge is 0.326 e. The second kappa shape index (κ2) is 8.58. The van der Waals surface area contributed by atoms with Crippen molar-refractivity contribution in [3.8, 4) is 0 Å². The third-order valence-electron chi connectivity index (χ3n) is 2.70. The molecule has 1 rings (SSSR count). The summed E-state index contributed by atoms with van der Waals surface area (Å²) in [7, 11) is 0. The summed E-state index contributed by atoms with van der Waals surface area (Å²) >= 11 is 1.61. The SMILES string of the molecule is CC(C)[C@@H](NC(=O)CCSCc1ccccn1)C(=O)O. The van der Waals surface area contributed by atoms with E-state index in [1.165, 1.54) is 0 Å². The van der Waals surface area contributed by atoms with Gasteiger partial charge in [0.1, 0.15) is 6.04 Å². The number of hydrogen-bond acceptors (Lipinski definition) is 4. The molecule has 20 heavy (non-hydrogen) atoms. The summed E-state index contributed by atoms with van der Waals surface area (Å²) in [5.41, 5.74) is 0.975. The molecule has 0 aromatic carbocycles. The highest BCUT2D eigenvalue weighted by Crippen LogP contribution is 2.11. The first-order valence-corrected chi connectivity index (χ1v) is 7.66. The molecule has 6 heteroatoms. The highest BCUT2D eigenvalue weighted by molar-refractivity contribution is 7.98. The van der Waals surface area contributed by atoms with E-state index >= 15 is 0 Å². The van der Waals surface area contributed by atoms with Crippen LogP contribution in [0.3, 0.4) is 0 Å². The van der Waals surface area contributed by atoms with Gasteiger partial charge in [0.2, 0.25) is 5.91 Å². The van der Waals surface area contributed by atoms with Crippen molar-refractivity contribution >= 4 is 23.6 Å². The van der Waals surface area contributed by atoms with Crippen LogP contribution in [0.25, 0.3) is 0 Å². The third kappa shape index (κ3) is 6.06. The molecule has 0 radical (unpaired) electrons. The Labute approximate surface area is 123 Å². The number of hydrogen-bond donors (Lipinski definition) is 2. The Bertz CT molecular complexity index is 437. The van der Waals surface area contributed by atoms with Crippen molar-refractivity contribution in [1.82, 2.24) is 10.3 Å². The molecule has 0 fully saturated rings. The lowest BCUT2D eigenvalue weighted by molar-refractivity contribution is -0.143. The van der Waals surface area contributed by atoms with E-state index in [1.807, 2.05) is 18.2 Å². The Morgan fingerprint density at radius 3 is 2.70 bits per heavy atom. The molecule has 5 nitrogen and oxygen atoms in total. The average molecular weight is 296 g/mol. The van der Waals surface area contributed by atoms with Crippen LogP contribution in [0.15, 0.2) is 24.4 Å². The van der Waals surface area contributed by atoms with Gasteiger partial charge in [0.05, 0.1) is 5.69 Å². The van der Waals surface area contributed by atoms with Crippen LogP contribution in [0.4, 0.5) is 0 Å². The molecule has 0 bridgehead atoms. The Balaban J connectivity index is 2.24. The summed E-state index contributed by atoms with van der Waals surface area (Å²) in [5.74, 6) is 0.0553. The third-order valence-corrected chi connectivity index (χ3v) is 3.69. The van der Waals surface area contributed by atoms with Crippen LogP contribution in [0.2, 0.25) is 0 Å². The fourth-order valence-electron chi connectivity index (χ4n) is 1.58. The minimum Gasteiger partial charge on any atom is -0.480 e. The minimum atomic E-state index is -0.991. The second-order valence-electron chi connectivity index (χ2n) is 4.75. The number of rotatable bonds is 8. The molecule has 1 heterocycles. The highest BCUT2D eigenvalue weighted by Gasteiger charge is 2.22. The zero-order valence-corrected chi connectivity index (χ0v) is 12.5. The first-order valence-electron chi connectivity index (χ1n) is 6.50. The molecule has 1 aromatic rings. The van der Waals surface area contributed by atoms with E-state index in [4.69, 9.17) is 5.11 Å². The van der Waals surface area contributed by atoms with Gasteiger partial charge >= 0.3 is 5.97 Å². The standard InChI is InChI=1S/C14H20N2O3S/c1-10(2)13(14(18)19)16-12(17)6-8-20-9-11-5-3-4-7-15-11/h3-5,7,10,13H,6,8-9H2,1-2H3,(H,16,17)(H,18,19)/t13-/m1/s1. The minimum absolute atomic E-state index is 0.127. The van der Waals surface area contributed by atoms with Gasteiger partial charge in [0.15, 0.2) is 0 Å². The van der Waals surface area contributed by atoms with Crippen molar-refractivity contribution in [2.45, 2.75) is 32.1 Å². The molecular formula is C14H20N2O3S. The van der Waals surface area contributed by atoms with Crippen molar-refractivity contribution in [2.24, 2.45) is 5.92 Å². The molecule has 0 aliphatic carbocycles. The van der Waals surface area contributed by atoms with Gasteiger partial charge in [0, 0.05) is 24.1 Å². The lowest BCUT2D eigenvalue weighted by Gasteiger charge is -2.17. The molecule has 1 aromatic heterocycles. The Kier molecular flexibility index (Phi) is 7.08. The predicted molar refractivity (Wildman–Crippen MR) is 79.4 cm³/mol. The van der Waals surface area contributed by atoms with E-state index in [-0.39, 0.29) is 11.8 Å². The number of pyridine rings is 1. The molecule has 0 aliphatic rings. The summed E-state index contributed by atoms with van der Waals surface area (Å²) < 4.78 is 0. The number of carboxylic acids is 1. The molecule has 2 N–H and O–H groups in total. The number of aliphatic carboxylic acids is 1. The molecule has 0 saturated carbocycles. The first-order chi connectivity index (χ1) is 9.50. The number of nitrogens with one attached hydrogen (secondary N) is 1. The molecule has 0 aliphatic heterocycles. The summed E-state index contributed by atoms with van der Waals surface area (Å²) in [5, 5.41) is 11.5. The van der Waals surface area contributed by atoms with Gasteiger partial charge in [-0.05, 0) is 18.1 Å². The van der Waals surface area contributed by atoms with Crippen molar-refractivity contribution < 1.29 is 14.7 Å². The van der Waals surface area contributed by atoms with Gasteiger partial charge in [-0.15, -0.1) is 0 Å². The molecule has 1 amide bonds.